The maximum absolute atomic E-state index is 14.2. The van der Waals surface area contributed by atoms with Crippen LogP contribution in [0.2, 0.25) is 0 Å². The fourth-order valence-electron chi connectivity index (χ4n) is 4.49. The highest BCUT2D eigenvalue weighted by molar-refractivity contribution is 7.09. The number of nitrogens with one attached hydrogen (secondary N) is 1. The Morgan fingerprint density at radius 1 is 1.10 bits per heavy atom. The van der Waals surface area contributed by atoms with Crippen LogP contribution in [0.15, 0.2) is 42.5 Å². The van der Waals surface area contributed by atoms with Crippen LogP contribution in [0.4, 0.5) is 17.1 Å². The zero-order chi connectivity index (χ0) is 28.3. The molecule has 0 radical (unpaired) electrons. The third kappa shape index (κ3) is 6.04. The second-order valence-electron chi connectivity index (χ2n) is 9.85. The number of ether oxygens (including phenoxy) is 1. The number of carbonyl (C=O) groups is 3. The Balaban J connectivity index is 1.84. The first-order valence-electron chi connectivity index (χ1n) is 12.7. The van der Waals surface area contributed by atoms with Crippen LogP contribution in [0.5, 0.6) is 0 Å². The normalized spacial score (nSPS) is 15.5. The average Bonchev–Trinajstić information content (AvgIpc) is 3.57. The van der Waals surface area contributed by atoms with Crippen molar-refractivity contribution in [3.8, 4) is 0 Å². The second-order valence-corrected chi connectivity index (χ2v) is 10.6. The SMILES string of the molecule is Cc1ccc(N(C(=O)c2snc(C(N)=O)c2N)[C@H](C(=O)NC[C@@H]2CCCO2)c2ccc(N(C)C)cc2)cc1C. The van der Waals surface area contributed by atoms with E-state index in [1.165, 1.54) is 4.90 Å². The summed E-state index contributed by atoms with van der Waals surface area (Å²) in [5.74, 6) is -1.76. The molecule has 39 heavy (non-hydrogen) atoms. The monoisotopic (exact) mass is 550 g/mol. The van der Waals surface area contributed by atoms with E-state index in [-0.39, 0.29) is 28.3 Å². The van der Waals surface area contributed by atoms with Crippen LogP contribution in [-0.4, -0.2) is 55.4 Å². The summed E-state index contributed by atoms with van der Waals surface area (Å²) >= 11 is 0.782. The lowest BCUT2D eigenvalue weighted by molar-refractivity contribution is -0.123. The number of rotatable bonds is 9. The fraction of sp³-hybridized carbons (Fsp3) is 0.357. The second kappa shape index (κ2) is 11.8. The predicted molar refractivity (Wildman–Crippen MR) is 153 cm³/mol. The van der Waals surface area contributed by atoms with Crippen molar-refractivity contribution in [2.24, 2.45) is 5.73 Å². The molecule has 1 saturated heterocycles. The number of nitrogens with two attached hydrogens (primary N) is 2. The van der Waals surface area contributed by atoms with Gasteiger partial charge in [0.15, 0.2) is 5.69 Å². The van der Waals surface area contributed by atoms with Gasteiger partial charge in [0.1, 0.15) is 10.9 Å². The standard InChI is InChI=1S/C28H34N6O4S/c1-16-7-10-20(14-17(16)2)34(28(37)25-22(29)23(26(30)35)32-39-25)24(18-8-11-19(12-9-18)33(3)4)27(36)31-15-21-6-5-13-38-21/h7-12,14,21,24H,5-6,13,15,29H2,1-4H3,(H2,30,35)(H,31,36)/t21-,24-/m0/s1. The van der Waals surface area contributed by atoms with Crippen molar-refractivity contribution in [1.29, 1.82) is 0 Å². The first kappa shape index (κ1) is 28.1. The zero-order valence-electron chi connectivity index (χ0n) is 22.6. The van der Waals surface area contributed by atoms with Crippen molar-refractivity contribution >= 4 is 46.3 Å². The summed E-state index contributed by atoms with van der Waals surface area (Å²) in [4.78, 5) is 43.4. The van der Waals surface area contributed by atoms with E-state index in [2.05, 4.69) is 9.69 Å². The lowest BCUT2D eigenvalue weighted by atomic mass is 10.0. The number of carbonyl (C=O) groups excluding carboxylic acids is 3. The first-order chi connectivity index (χ1) is 18.6. The van der Waals surface area contributed by atoms with Crippen LogP contribution < -0.4 is 26.6 Å². The highest BCUT2D eigenvalue weighted by Crippen LogP contribution is 2.34. The summed E-state index contributed by atoms with van der Waals surface area (Å²) in [5.41, 5.74) is 15.3. The van der Waals surface area contributed by atoms with Crippen molar-refractivity contribution in [3.63, 3.8) is 0 Å². The van der Waals surface area contributed by atoms with Gasteiger partial charge >= 0.3 is 0 Å². The van der Waals surface area contributed by atoms with E-state index in [0.29, 0.717) is 24.4 Å². The molecule has 3 amide bonds. The largest absolute Gasteiger partial charge is 0.395 e. The Hall–Kier alpha value is -3.96. The topological polar surface area (TPSA) is 144 Å². The Labute approximate surface area is 232 Å². The zero-order valence-corrected chi connectivity index (χ0v) is 23.4. The molecule has 1 aliphatic rings. The molecule has 4 rings (SSSR count). The van der Waals surface area contributed by atoms with Crippen molar-refractivity contribution in [1.82, 2.24) is 9.69 Å². The van der Waals surface area contributed by atoms with Crippen molar-refractivity contribution in [2.75, 3.05) is 42.8 Å². The summed E-state index contributed by atoms with van der Waals surface area (Å²) in [6.45, 7) is 4.90. The van der Waals surface area contributed by atoms with Crippen LogP contribution in [0.25, 0.3) is 0 Å². The van der Waals surface area contributed by atoms with Crippen LogP contribution in [0.3, 0.4) is 0 Å². The Bertz CT molecular complexity index is 1360. The van der Waals surface area contributed by atoms with Crippen LogP contribution >= 0.6 is 11.5 Å². The molecule has 0 aliphatic carbocycles. The Kier molecular flexibility index (Phi) is 8.51. The number of benzene rings is 2. The van der Waals surface area contributed by atoms with Gasteiger partial charge in [-0.15, -0.1) is 0 Å². The number of aromatic nitrogens is 1. The number of aryl methyl sites for hydroxylation is 2. The molecule has 0 unspecified atom stereocenters. The molecule has 1 aromatic heterocycles. The molecule has 5 N–H and O–H groups in total. The first-order valence-corrected chi connectivity index (χ1v) is 13.5. The Morgan fingerprint density at radius 2 is 1.79 bits per heavy atom. The molecule has 0 bridgehead atoms. The van der Waals surface area contributed by atoms with Crippen molar-refractivity contribution in [2.45, 2.75) is 38.8 Å². The van der Waals surface area contributed by atoms with Gasteiger partial charge in [-0.3, -0.25) is 19.3 Å². The van der Waals surface area contributed by atoms with Crippen LogP contribution in [0, 0.1) is 13.8 Å². The lowest BCUT2D eigenvalue weighted by Crippen LogP contribution is -2.45. The molecule has 3 aromatic rings. The summed E-state index contributed by atoms with van der Waals surface area (Å²) in [6, 6.07) is 11.9. The number of amides is 3. The average molecular weight is 551 g/mol. The van der Waals surface area contributed by atoms with E-state index in [0.717, 1.165) is 41.2 Å². The molecular formula is C28H34N6O4S. The molecule has 1 fully saturated rings. The highest BCUT2D eigenvalue weighted by Gasteiger charge is 2.36. The van der Waals surface area contributed by atoms with Gasteiger partial charge in [-0.2, -0.15) is 4.37 Å². The summed E-state index contributed by atoms with van der Waals surface area (Å²) < 4.78 is 9.71. The van der Waals surface area contributed by atoms with Crippen molar-refractivity contribution < 1.29 is 19.1 Å². The highest BCUT2D eigenvalue weighted by atomic mass is 32.1. The van der Waals surface area contributed by atoms with Gasteiger partial charge in [-0.05, 0) is 79.2 Å². The minimum Gasteiger partial charge on any atom is -0.395 e. The minimum atomic E-state index is -1.05. The molecule has 10 nitrogen and oxygen atoms in total. The van der Waals surface area contributed by atoms with Gasteiger partial charge in [-0.1, -0.05) is 18.2 Å². The minimum absolute atomic E-state index is 0.0314. The molecule has 2 aromatic carbocycles. The molecule has 11 heteroatoms. The molecule has 0 saturated carbocycles. The van der Waals surface area contributed by atoms with Gasteiger partial charge in [0.25, 0.3) is 11.8 Å². The number of hydrogen-bond donors (Lipinski definition) is 3. The number of anilines is 3. The fourth-order valence-corrected chi connectivity index (χ4v) is 5.23. The maximum Gasteiger partial charge on any atom is 0.273 e. The van der Waals surface area contributed by atoms with Crippen molar-refractivity contribution in [3.05, 3.63) is 69.7 Å². The third-order valence-electron chi connectivity index (χ3n) is 6.90. The molecule has 206 valence electrons. The number of nitrogens with zero attached hydrogens (tertiary/aromatic N) is 3. The number of hydrogen-bond acceptors (Lipinski definition) is 8. The van der Waals surface area contributed by atoms with E-state index in [1.54, 1.807) is 6.07 Å². The summed E-state index contributed by atoms with van der Waals surface area (Å²) in [7, 11) is 3.85. The van der Waals surface area contributed by atoms with E-state index in [4.69, 9.17) is 16.2 Å². The summed E-state index contributed by atoms with van der Waals surface area (Å²) in [5, 5.41) is 3.00. The predicted octanol–water partition coefficient (Wildman–Crippen LogP) is 3.19. The van der Waals surface area contributed by atoms with Gasteiger partial charge < -0.3 is 26.4 Å². The van der Waals surface area contributed by atoms with Crippen LogP contribution in [-0.2, 0) is 9.53 Å². The van der Waals surface area contributed by atoms with Gasteiger partial charge in [-0.25, -0.2) is 0 Å². The maximum atomic E-state index is 14.2. The third-order valence-corrected chi connectivity index (χ3v) is 7.75. The van der Waals surface area contributed by atoms with E-state index in [1.807, 2.05) is 69.2 Å². The summed E-state index contributed by atoms with van der Waals surface area (Å²) in [6.07, 6.45) is 1.72. The molecule has 2 heterocycles. The Morgan fingerprint density at radius 3 is 2.36 bits per heavy atom. The number of primary amides is 1. The smallest absolute Gasteiger partial charge is 0.273 e. The lowest BCUT2D eigenvalue weighted by Gasteiger charge is -2.32. The quantitative estimate of drug-likeness (QED) is 0.371. The van der Waals surface area contributed by atoms with Gasteiger partial charge in [0, 0.05) is 38.6 Å². The van der Waals surface area contributed by atoms with Gasteiger partial charge in [0.2, 0.25) is 5.91 Å². The van der Waals surface area contributed by atoms with E-state index < -0.39 is 17.9 Å². The molecule has 2 atom stereocenters. The van der Waals surface area contributed by atoms with E-state index >= 15 is 0 Å². The number of nitrogen functional groups attached to an aromatic ring is 1. The molecule has 1 aliphatic heterocycles. The van der Waals surface area contributed by atoms with Gasteiger partial charge in [0.05, 0.1) is 11.8 Å². The molecule has 0 spiro atoms. The molecular weight excluding hydrogens is 516 g/mol. The van der Waals surface area contributed by atoms with Crippen LogP contribution in [0.1, 0.15) is 55.7 Å². The van der Waals surface area contributed by atoms with E-state index in [9.17, 15) is 14.4 Å².